The summed E-state index contributed by atoms with van der Waals surface area (Å²) in [6.45, 7) is 0. The number of nitrogens with zero attached hydrogens (tertiary/aromatic N) is 1. The van der Waals surface area contributed by atoms with Gasteiger partial charge >= 0.3 is 0 Å². The highest BCUT2D eigenvalue weighted by molar-refractivity contribution is 7.99. The number of hydrogen-bond acceptors (Lipinski definition) is 3. The predicted octanol–water partition coefficient (Wildman–Crippen LogP) is 6.25. The fourth-order valence-corrected chi connectivity index (χ4v) is 4.09. The summed E-state index contributed by atoms with van der Waals surface area (Å²) in [4.78, 5) is 6.83. The summed E-state index contributed by atoms with van der Waals surface area (Å²) in [6.07, 6.45) is 0. The molecule has 4 aromatic rings. The molecule has 1 nitrogen and oxygen atoms in total. The van der Waals surface area contributed by atoms with E-state index in [4.69, 9.17) is 0 Å². The highest BCUT2D eigenvalue weighted by Gasteiger charge is 2.06. The van der Waals surface area contributed by atoms with Crippen LogP contribution in [0.15, 0.2) is 82.6 Å². The molecule has 0 aliphatic rings. The molecule has 0 radical (unpaired) electrons. The zero-order chi connectivity index (χ0) is 15.6. The van der Waals surface area contributed by atoms with Crippen LogP contribution in [0.5, 0.6) is 0 Å². The van der Waals surface area contributed by atoms with E-state index in [1.165, 1.54) is 16.8 Å². The van der Waals surface area contributed by atoms with Crippen molar-refractivity contribution in [3.05, 3.63) is 78.6 Å². The molecular formula is C19H12FNS2. The molecule has 0 bridgehead atoms. The smallest absolute Gasteiger partial charge is 0.124 e. The van der Waals surface area contributed by atoms with E-state index in [-0.39, 0.29) is 5.82 Å². The molecule has 0 saturated carbocycles. The van der Waals surface area contributed by atoms with Gasteiger partial charge in [-0.15, -0.1) is 11.3 Å². The Morgan fingerprint density at radius 2 is 1.43 bits per heavy atom. The first-order valence-electron chi connectivity index (χ1n) is 7.17. The van der Waals surface area contributed by atoms with Gasteiger partial charge in [0.25, 0.3) is 0 Å². The Morgan fingerprint density at radius 3 is 2.13 bits per heavy atom. The predicted molar refractivity (Wildman–Crippen MR) is 95.6 cm³/mol. The third-order valence-electron chi connectivity index (χ3n) is 3.44. The van der Waals surface area contributed by atoms with E-state index in [0.29, 0.717) is 0 Å². The van der Waals surface area contributed by atoms with E-state index >= 15 is 0 Å². The quantitative estimate of drug-likeness (QED) is 0.438. The number of hydrogen-bond donors (Lipinski definition) is 0. The standard InChI is InChI=1S/C19H12FNS2/c20-14-7-11-16(12-8-14)22-15-9-5-13(6-10-15)19-21-17-3-1-2-4-18(17)23-19/h1-12H. The molecule has 3 aromatic carbocycles. The van der Waals surface area contributed by atoms with Gasteiger partial charge in [0.1, 0.15) is 10.8 Å². The van der Waals surface area contributed by atoms with Crippen LogP contribution in [0.2, 0.25) is 0 Å². The Kier molecular flexibility index (Phi) is 3.85. The maximum atomic E-state index is 12.9. The van der Waals surface area contributed by atoms with Crippen LogP contribution in [-0.2, 0) is 0 Å². The minimum atomic E-state index is -0.208. The van der Waals surface area contributed by atoms with Gasteiger partial charge in [0, 0.05) is 15.4 Å². The first-order valence-corrected chi connectivity index (χ1v) is 8.81. The maximum Gasteiger partial charge on any atom is 0.124 e. The van der Waals surface area contributed by atoms with Crippen LogP contribution in [0, 0.1) is 5.82 Å². The van der Waals surface area contributed by atoms with Crippen molar-refractivity contribution < 1.29 is 4.39 Å². The fraction of sp³-hybridized carbons (Fsp3) is 0. The van der Waals surface area contributed by atoms with Crippen molar-refractivity contribution in [3.63, 3.8) is 0 Å². The molecule has 0 saturated heterocycles. The second-order valence-electron chi connectivity index (χ2n) is 5.07. The van der Waals surface area contributed by atoms with Gasteiger partial charge in [-0.1, -0.05) is 36.0 Å². The second kappa shape index (κ2) is 6.14. The normalized spacial score (nSPS) is 11.0. The monoisotopic (exact) mass is 337 g/mol. The summed E-state index contributed by atoms with van der Waals surface area (Å²) in [5.74, 6) is -0.208. The van der Waals surface area contributed by atoms with Crippen molar-refractivity contribution in [1.29, 1.82) is 0 Å². The lowest BCUT2D eigenvalue weighted by molar-refractivity contribution is 0.626. The Bertz CT molecular complexity index is 910. The SMILES string of the molecule is Fc1ccc(Sc2ccc(-c3nc4ccccc4s3)cc2)cc1. The van der Waals surface area contributed by atoms with Crippen LogP contribution in [0.25, 0.3) is 20.8 Å². The first-order chi connectivity index (χ1) is 11.3. The number of rotatable bonds is 3. The van der Waals surface area contributed by atoms with Crippen molar-refractivity contribution in [2.45, 2.75) is 9.79 Å². The molecule has 4 heteroatoms. The lowest BCUT2D eigenvalue weighted by Gasteiger charge is -2.02. The molecule has 0 unspecified atom stereocenters. The zero-order valence-electron chi connectivity index (χ0n) is 12.1. The van der Waals surface area contributed by atoms with Crippen LogP contribution in [0.4, 0.5) is 4.39 Å². The summed E-state index contributed by atoms with van der Waals surface area (Å²) in [7, 11) is 0. The van der Waals surface area contributed by atoms with E-state index in [1.54, 1.807) is 35.2 Å². The van der Waals surface area contributed by atoms with Crippen molar-refractivity contribution in [1.82, 2.24) is 4.98 Å². The van der Waals surface area contributed by atoms with Crippen LogP contribution in [-0.4, -0.2) is 4.98 Å². The molecule has 0 aliphatic heterocycles. The number of thiazole rings is 1. The fourth-order valence-electron chi connectivity index (χ4n) is 2.30. The van der Waals surface area contributed by atoms with Crippen LogP contribution < -0.4 is 0 Å². The molecule has 0 atom stereocenters. The summed E-state index contributed by atoms with van der Waals surface area (Å²) >= 11 is 3.32. The van der Waals surface area contributed by atoms with E-state index in [0.717, 1.165) is 25.9 Å². The summed E-state index contributed by atoms with van der Waals surface area (Å²) < 4.78 is 14.1. The lowest BCUT2D eigenvalue weighted by atomic mass is 10.2. The van der Waals surface area contributed by atoms with Crippen molar-refractivity contribution in [2.24, 2.45) is 0 Å². The van der Waals surface area contributed by atoms with Crippen molar-refractivity contribution in [2.75, 3.05) is 0 Å². The third-order valence-corrected chi connectivity index (χ3v) is 5.55. The maximum absolute atomic E-state index is 12.9. The van der Waals surface area contributed by atoms with Crippen molar-refractivity contribution in [3.8, 4) is 10.6 Å². The van der Waals surface area contributed by atoms with Gasteiger partial charge in [-0.25, -0.2) is 9.37 Å². The Labute approximate surface area is 141 Å². The number of benzene rings is 3. The average molecular weight is 337 g/mol. The molecule has 1 aromatic heterocycles. The Hall–Kier alpha value is -2.17. The molecule has 0 fully saturated rings. The van der Waals surface area contributed by atoms with Gasteiger partial charge in [0.15, 0.2) is 0 Å². The number of aromatic nitrogens is 1. The molecule has 112 valence electrons. The number of para-hydroxylation sites is 1. The van der Waals surface area contributed by atoms with Crippen LogP contribution in [0.1, 0.15) is 0 Å². The minimum absolute atomic E-state index is 0.208. The topological polar surface area (TPSA) is 12.9 Å². The van der Waals surface area contributed by atoms with E-state index < -0.39 is 0 Å². The molecule has 23 heavy (non-hydrogen) atoms. The first kappa shape index (κ1) is 14.4. The van der Waals surface area contributed by atoms with Crippen LogP contribution in [0.3, 0.4) is 0 Å². The summed E-state index contributed by atoms with van der Waals surface area (Å²) in [6, 6.07) is 23.1. The van der Waals surface area contributed by atoms with E-state index in [2.05, 4.69) is 35.3 Å². The number of halogens is 1. The molecule has 0 amide bonds. The van der Waals surface area contributed by atoms with Gasteiger partial charge in [0.05, 0.1) is 10.2 Å². The van der Waals surface area contributed by atoms with Gasteiger partial charge in [-0.2, -0.15) is 0 Å². The zero-order valence-corrected chi connectivity index (χ0v) is 13.7. The summed E-state index contributed by atoms with van der Waals surface area (Å²) in [5.41, 5.74) is 2.16. The molecule has 0 spiro atoms. The number of fused-ring (bicyclic) bond motifs is 1. The molecular weight excluding hydrogens is 325 g/mol. The second-order valence-corrected chi connectivity index (χ2v) is 7.24. The van der Waals surface area contributed by atoms with Gasteiger partial charge < -0.3 is 0 Å². The molecule has 0 aliphatic carbocycles. The van der Waals surface area contributed by atoms with Crippen molar-refractivity contribution >= 4 is 33.3 Å². The molecule has 4 rings (SSSR count). The largest absolute Gasteiger partial charge is 0.236 e. The summed E-state index contributed by atoms with van der Waals surface area (Å²) in [5, 5.41) is 1.03. The highest BCUT2D eigenvalue weighted by Crippen LogP contribution is 2.33. The van der Waals surface area contributed by atoms with Gasteiger partial charge in [-0.05, 0) is 48.5 Å². The van der Waals surface area contributed by atoms with E-state index in [1.807, 2.05) is 18.2 Å². The highest BCUT2D eigenvalue weighted by atomic mass is 32.2. The Morgan fingerprint density at radius 1 is 0.783 bits per heavy atom. The lowest BCUT2D eigenvalue weighted by Crippen LogP contribution is -1.78. The average Bonchev–Trinajstić information content (AvgIpc) is 3.02. The van der Waals surface area contributed by atoms with E-state index in [9.17, 15) is 4.39 Å². The third kappa shape index (κ3) is 3.14. The molecule has 1 heterocycles. The minimum Gasteiger partial charge on any atom is -0.236 e. The van der Waals surface area contributed by atoms with Crippen LogP contribution >= 0.6 is 23.1 Å². The Balaban J connectivity index is 1.58. The van der Waals surface area contributed by atoms with Gasteiger partial charge in [0.2, 0.25) is 0 Å². The van der Waals surface area contributed by atoms with Gasteiger partial charge in [-0.3, -0.25) is 0 Å². The molecule has 0 N–H and O–H groups in total.